The van der Waals surface area contributed by atoms with Gasteiger partial charge in [-0.2, -0.15) is 4.31 Å². The SMILES string of the molecule is CCn1c(CN(Cc2ccco2)Cc2ccco2)nc2cc(S(=O)(=O)N3CCCCC3)ccc21. The summed E-state index contributed by atoms with van der Waals surface area (Å²) in [4.78, 5) is 7.40. The average Bonchev–Trinajstić information content (AvgIpc) is 3.61. The van der Waals surface area contributed by atoms with Gasteiger partial charge in [0.1, 0.15) is 17.3 Å². The summed E-state index contributed by atoms with van der Waals surface area (Å²) >= 11 is 0. The van der Waals surface area contributed by atoms with Gasteiger partial charge in [0.15, 0.2) is 0 Å². The summed E-state index contributed by atoms with van der Waals surface area (Å²) in [6, 6.07) is 13.0. The van der Waals surface area contributed by atoms with Gasteiger partial charge in [-0.15, -0.1) is 0 Å². The first-order chi connectivity index (χ1) is 16.5. The second kappa shape index (κ2) is 9.77. The van der Waals surface area contributed by atoms with Crippen LogP contribution >= 0.6 is 0 Å². The molecule has 0 N–H and O–H groups in total. The lowest BCUT2D eigenvalue weighted by Crippen LogP contribution is -2.35. The van der Waals surface area contributed by atoms with Gasteiger partial charge < -0.3 is 13.4 Å². The molecule has 1 saturated heterocycles. The highest BCUT2D eigenvalue weighted by atomic mass is 32.2. The molecule has 0 radical (unpaired) electrons. The maximum absolute atomic E-state index is 13.2. The third-order valence-corrected chi connectivity index (χ3v) is 8.25. The van der Waals surface area contributed by atoms with Crippen LogP contribution in [0.5, 0.6) is 0 Å². The lowest BCUT2D eigenvalue weighted by atomic mass is 10.2. The van der Waals surface area contributed by atoms with Crippen LogP contribution < -0.4 is 0 Å². The molecule has 0 spiro atoms. The zero-order valence-electron chi connectivity index (χ0n) is 19.4. The minimum Gasteiger partial charge on any atom is -0.468 e. The lowest BCUT2D eigenvalue weighted by Gasteiger charge is -2.25. The van der Waals surface area contributed by atoms with Crippen molar-refractivity contribution in [3.05, 3.63) is 72.3 Å². The molecule has 34 heavy (non-hydrogen) atoms. The number of hydrogen-bond acceptors (Lipinski definition) is 6. The van der Waals surface area contributed by atoms with Crippen LogP contribution in [-0.4, -0.2) is 40.3 Å². The number of benzene rings is 1. The summed E-state index contributed by atoms with van der Waals surface area (Å²) in [5, 5.41) is 0. The van der Waals surface area contributed by atoms with Crippen LogP contribution in [0.15, 0.2) is 68.7 Å². The molecule has 0 unspecified atom stereocenters. The van der Waals surface area contributed by atoms with E-state index in [0.29, 0.717) is 43.1 Å². The van der Waals surface area contributed by atoms with E-state index in [1.54, 1.807) is 29.0 Å². The molecule has 0 aliphatic carbocycles. The first-order valence-corrected chi connectivity index (χ1v) is 13.2. The van der Waals surface area contributed by atoms with Gasteiger partial charge in [-0.25, -0.2) is 13.4 Å². The van der Waals surface area contributed by atoms with Crippen LogP contribution in [-0.2, 0) is 36.2 Å². The Morgan fingerprint density at radius 1 is 0.941 bits per heavy atom. The van der Waals surface area contributed by atoms with Crippen molar-refractivity contribution in [3.63, 3.8) is 0 Å². The van der Waals surface area contributed by atoms with Gasteiger partial charge in [-0.05, 0) is 62.2 Å². The van der Waals surface area contributed by atoms with Crippen molar-refractivity contribution >= 4 is 21.1 Å². The van der Waals surface area contributed by atoms with Gasteiger partial charge >= 0.3 is 0 Å². The van der Waals surface area contributed by atoms with Gasteiger partial charge in [0.05, 0.1) is 48.1 Å². The molecule has 8 nitrogen and oxygen atoms in total. The van der Waals surface area contributed by atoms with Gasteiger partial charge in [-0.1, -0.05) is 6.42 Å². The maximum Gasteiger partial charge on any atom is 0.243 e. The molecule has 0 amide bonds. The van der Waals surface area contributed by atoms with Gasteiger partial charge in [0.25, 0.3) is 0 Å². The summed E-state index contributed by atoms with van der Waals surface area (Å²) in [6.45, 7) is 5.77. The van der Waals surface area contributed by atoms with E-state index in [2.05, 4.69) is 16.4 Å². The van der Waals surface area contributed by atoms with Crippen molar-refractivity contribution < 1.29 is 17.3 Å². The molecule has 0 bridgehead atoms. The molecule has 5 rings (SSSR count). The fourth-order valence-corrected chi connectivity index (χ4v) is 6.20. The molecule has 1 aliphatic rings. The van der Waals surface area contributed by atoms with E-state index in [0.717, 1.165) is 48.7 Å². The Kier molecular flexibility index (Phi) is 6.58. The van der Waals surface area contributed by atoms with E-state index < -0.39 is 10.0 Å². The molecular formula is C25H30N4O4S. The van der Waals surface area contributed by atoms with Crippen molar-refractivity contribution in [1.29, 1.82) is 0 Å². The van der Waals surface area contributed by atoms with E-state index in [9.17, 15) is 8.42 Å². The zero-order chi connectivity index (χ0) is 23.5. The number of nitrogens with zero attached hydrogens (tertiary/aromatic N) is 4. The molecule has 4 aromatic rings. The second-order valence-electron chi connectivity index (χ2n) is 8.69. The number of fused-ring (bicyclic) bond motifs is 1. The molecule has 4 heterocycles. The third-order valence-electron chi connectivity index (χ3n) is 6.35. The molecule has 1 fully saturated rings. The fraction of sp³-hybridized carbons (Fsp3) is 0.400. The van der Waals surface area contributed by atoms with Gasteiger partial charge in [0.2, 0.25) is 10.0 Å². The molecule has 9 heteroatoms. The van der Waals surface area contributed by atoms with E-state index >= 15 is 0 Å². The van der Waals surface area contributed by atoms with Crippen molar-refractivity contribution in [2.75, 3.05) is 13.1 Å². The minimum atomic E-state index is -3.51. The summed E-state index contributed by atoms with van der Waals surface area (Å²) in [7, 11) is -3.51. The van der Waals surface area contributed by atoms with Crippen LogP contribution in [0, 0.1) is 0 Å². The first kappa shape index (κ1) is 22.9. The number of imidazole rings is 1. The number of piperidine rings is 1. The predicted molar refractivity (Wildman–Crippen MR) is 128 cm³/mol. The van der Waals surface area contributed by atoms with Crippen LogP contribution in [0.4, 0.5) is 0 Å². The van der Waals surface area contributed by atoms with E-state index in [1.807, 2.05) is 30.3 Å². The largest absolute Gasteiger partial charge is 0.468 e. The molecule has 180 valence electrons. The lowest BCUT2D eigenvalue weighted by molar-refractivity contribution is 0.202. The van der Waals surface area contributed by atoms with Gasteiger partial charge in [-0.3, -0.25) is 4.90 Å². The van der Waals surface area contributed by atoms with Crippen molar-refractivity contribution in [3.8, 4) is 0 Å². The highest BCUT2D eigenvalue weighted by molar-refractivity contribution is 7.89. The quantitative estimate of drug-likeness (QED) is 0.346. The van der Waals surface area contributed by atoms with Crippen LogP contribution in [0.25, 0.3) is 11.0 Å². The number of furan rings is 2. The smallest absolute Gasteiger partial charge is 0.243 e. The predicted octanol–water partition coefficient (Wildman–Crippen LogP) is 4.62. The topological polar surface area (TPSA) is 84.7 Å². The summed E-state index contributed by atoms with van der Waals surface area (Å²) < 4.78 is 41.3. The Hall–Kier alpha value is -2.88. The van der Waals surface area contributed by atoms with Crippen molar-refractivity contribution in [1.82, 2.24) is 18.8 Å². The molecule has 0 saturated carbocycles. The van der Waals surface area contributed by atoms with Crippen LogP contribution in [0.3, 0.4) is 0 Å². The van der Waals surface area contributed by atoms with Crippen LogP contribution in [0.2, 0.25) is 0 Å². The number of sulfonamides is 1. The number of aromatic nitrogens is 2. The second-order valence-corrected chi connectivity index (χ2v) is 10.6. The monoisotopic (exact) mass is 482 g/mol. The Labute approximate surface area is 199 Å². The third kappa shape index (κ3) is 4.68. The highest BCUT2D eigenvalue weighted by Crippen LogP contribution is 2.26. The molecule has 0 atom stereocenters. The Balaban J connectivity index is 1.45. The van der Waals surface area contributed by atoms with E-state index in [-0.39, 0.29) is 0 Å². The Morgan fingerprint density at radius 3 is 2.21 bits per heavy atom. The molecule has 3 aromatic heterocycles. The minimum absolute atomic E-state index is 0.317. The fourth-order valence-electron chi connectivity index (χ4n) is 4.66. The Morgan fingerprint density at radius 2 is 1.62 bits per heavy atom. The van der Waals surface area contributed by atoms with Crippen molar-refractivity contribution in [2.45, 2.75) is 57.3 Å². The zero-order valence-corrected chi connectivity index (χ0v) is 20.2. The first-order valence-electron chi connectivity index (χ1n) is 11.8. The maximum atomic E-state index is 13.2. The number of rotatable bonds is 9. The summed E-state index contributed by atoms with van der Waals surface area (Å²) in [6.07, 6.45) is 6.26. The summed E-state index contributed by atoms with van der Waals surface area (Å²) in [5.74, 6) is 2.60. The molecule has 1 aromatic carbocycles. The molecule has 1 aliphatic heterocycles. The standard InChI is InChI=1S/C25H30N4O4S/c1-2-29-24-11-10-22(34(30,31)28-12-4-3-5-13-28)16-23(24)26-25(29)19-27(17-20-8-6-14-32-20)18-21-9-7-15-33-21/h6-11,14-16H,2-5,12-13,17-19H2,1H3. The number of aryl methyl sites for hydroxylation is 1. The normalized spacial score (nSPS) is 15.5. The van der Waals surface area contributed by atoms with E-state index in [4.69, 9.17) is 13.8 Å². The van der Waals surface area contributed by atoms with Gasteiger partial charge in [0, 0.05) is 19.6 Å². The molecular weight excluding hydrogens is 452 g/mol. The highest BCUT2D eigenvalue weighted by Gasteiger charge is 2.27. The van der Waals surface area contributed by atoms with Crippen LogP contribution in [0.1, 0.15) is 43.5 Å². The van der Waals surface area contributed by atoms with E-state index in [1.165, 1.54) is 0 Å². The summed E-state index contributed by atoms with van der Waals surface area (Å²) in [5.41, 5.74) is 1.64. The average molecular weight is 483 g/mol. The van der Waals surface area contributed by atoms with Crippen molar-refractivity contribution in [2.24, 2.45) is 0 Å². The number of hydrogen-bond donors (Lipinski definition) is 0. The Bertz CT molecular complexity index is 1280.